The van der Waals surface area contributed by atoms with E-state index < -0.39 is 0 Å². The highest BCUT2D eigenvalue weighted by Gasteiger charge is 2.10. The van der Waals surface area contributed by atoms with Crippen molar-refractivity contribution in [1.29, 1.82) is 0 Å². The second-order valence-corrected chi connectivity index (χ2v) is 5.67. The van der Waals surface area contributed by atoms with Gasteiger partial charge in [0.15, 0.2) is 0 Å². The van der Waals surface area contributed by atoms with E-state index in [9.17, 15) is 4.79 Å². The molecule has 0 atom stereocenters. The molecule has 7 heteroatoms. The smallest absolute Gasteiger partial charge is 0.251 e. The van der Waals surface area contributed by atoms with Gasteiger partial charge in [-0.1, -0.05) is 5.16 Å². The average molecular weight is 340 g/mol. The lowest BCUT2D eigenvalue weighted by Gasteiger charge is -2.08. The van der Waals surface area contributed by atoms with Crippen LogP contribution < -0.4 is 10.1 Å². The zero-order chi connectivity index (χ0) is 17.6. The number of aromatic nitrogens is 3. The predicted octanol–water partition coefficient (Wildman–Crippen LogP) is 2.50. The third-order valence-electron chi connectivity index (χ3n) is 3.90. The Labute approximate surface area is 145 Å². The maximum atomic E-state index is 12.1. The number of imidazole rings is 1. The minimum absolute atomic E-state index is 0.114. The Hall–Kier alpha value is -3.09. The van der Waals surface area contributed by atoms with Crippen LogP contribution >= 0.6 is 0 Å². The number of nitrogens with one attached hydrogen (secondary N) is 1. The van der Waals surface area contributed by atoms with Crippen LogP contribution in [0.5, 0.6) is 5.75 Å². The Bertz CT molecular complexity index is 803. The van der Waals surface area contributed by atoms with Crippen molar-refractivity contribution >= 4 is 5.91 Å². The van der Waals surface area contributed by atoms with Gasteiger partial charge in [0.25, 0.3) is 5.91 Å². The van der Waals surface area contributed by atoms with Crippen LogP contribution in [0.1, 0.15) is 27.4 Å². The number of amides is 1. The van der Waals surface area contributed by atoms with E-state index in [4.69, 9.17) is 9.26 Å². The molecule has 0 unspecified atom stereocenters. The molecule has 0 aliphatic rings. The molecule has 1 amide bonds. The number of carbonyl (C=O) groups excluding carboxylic acids is 1. The molecule has 1 aromatic carbocycles. The Morgan fingerprint density at radius 1 is 1.28 bits per heavy atom. The largest absolute Gasteiger partial charge is 0.489 e. The van der Waals surface area contributed by atoms with Crippen molar-refractivity contribution < 1.29 is 14.1 Å². The van der Waals surface area contributed by atoms with Crippen LogP contribution in [0.25, 0.3) is 0 Å². The summed E-state index contributed by atoms with van der Waals surface area (Å²) >= 11 is 0. The highest BCUT2D eigenvalue weighted by molar-refractivity contribution is 5.94. The Morgan fingerprint density at radius 3 is 2.72 bits per heavy atom. The van der Waals surface area contributed by atoms with Gasteiger partial charge in [0.05, 0.1) is 17.6 Å². The van der Waals surface area contributed by atoms with Gasteiger partial charge in [-0.25, -0.2) is 4.98 Å². The molecular formula is C18H20N4O3. The summed E-state index contributed by atoms with van der Waals surface area (Å²) in [6, 6.07) is 7.05. The lowest BCUT2D eigenvalue weighted by molar-refractivity contribution is 0.0952. The molecule has 2 heterocycles. The lowest BCUT2D eigenvalue weighted by Crippen LogP contribution is -2.26. The maximum Gasteiger partial charge on any atom is 0.251 e. The molecule has 0 saturated heterocycles. The first-order chi connectivity index (χ1) is 12.1. The summed E-state index contributed by atoms with van der Waals surface area (Å²) in [4.78, 5) is 16.1. The van der Waals surface area contributed by atoms with E-state index in [0.29, 0.717) is 31.0 Å². The van der Waals surface area contributed by atoms with Gasteiger partial charge in [0, 0.05) is 31.0 Å². The predicted molar refractivity (Wildman–Crippen MR) is 91.3 cm³/mol. The summed E-state index contributed by atoms with van der Waals surface area (Å²) in [5, 5.41) is 6.78. The van der Waals surface area contributed by atoms with Crippen LogP contribution in [-0.4, -0.2) is 27.2 Å². The molecule has 0 aliphatic heterocycles. The fraction of sp³-hybridized carbons (Fsp3) is 0.278. The molecule has 1 N–H and O–H groups in total. The van der Waals surface area contributed by atoms with Gasteiger partial charge in [-0.15, -0.1) is 0 Å². The van der Waals surface area contributed by atoms with E-state index in [0.717, 1.165) is 17.0 Å². The number of hydrogen-bond donors (Lipinski definition) is 1. The molecular weight excluding hydrogens is 320 g/mol. The summed E-state index contributed by atoms with van der Waals surface area (Å²) < 4.78 is 12.8. The molecule has 0 radical (unpaired) electrons. The maximum absolute atomic E-state index is 12.1. The van der Waals surface area contributed by atoms with Crippen molar-refractivity contribution in [3.63, 3.8) is 0 Å². The van der Waals surface area contributed by atoms with Crippen LogP contribution in [0, 0.1) is 13.8 Å². The van der Waals surface area contributed by atoms with Gasteiger partial charge < -0.3 is 19.1 Å². The second-order valence-electron chi connectivity index (χ2n) is 5.67. The Morgan fingerprint density at radius 2 is 2.08 bits per heavy atom. The number of hydrogen-bond acceptors (Lipinski definition) is 5. The first kappa shape index (κ1) is 16.8. The molecule has 2 aromatic heterocycles. The molecule has 25 heavy (non-hydrogen) atoms. The minimum Gasteiger partial charge on any atom is -0.489 e. The third kappa shape index (κ3) is 4.26. The van der Waals surface area contributed by atoms with Crippen LogP contribution in [0.15, 0.2) is 47.5 Å². The molecule has 0 spiro atoms. The van der Waals surface area contributed by atoms with Gasteiger partial charge in [0.2, 0.25) is 0 Å². The second kappa shape index (κ2) is 7.65. The van der Waals surface area contributed by atoms with E-state index in [1.807, 2.05) is 24.6 Å². The van der Waals surface area contributed by atoms with E-state index in [1.54, 1.807) is 36.8 Å². The summed E-state index contributed by atoms with van der Waals surface area (Å²) in [6.45, 7) is 5.35. The lowest BCUT2D eigenvalue weighted by atomic mass is 10.2. The molecule has 0 fully saturated rings. The number of nitrogens with zero attached hydrogens (tertiary/aromatic N) is 3. The summed E-state index contributed by atoms with van der Waals surface area (Å²) in [5.74, 6) is 1.33. The zero-order valence-electron chi connectivity index (χ0n) is 14.2. The van der Waals surface area contributed by atoms with Crippen molar-refractivity contribution in [2.75, 3.05) is 6.54 Å². The van der Waals surface area contributed by atoms with Crippen LogP contribution in [0.2, 0.25) is 0 Å². The van der Waals surface area contributed by atoms with E-state index in [2.05, 4.69) is 15.5 Å². The highest BCUT2D eigenvalue weighted by Crippen LogP contribution is 2.17. The van der Waals surface area contributed by atoms with Gasteiger partial charge in [-0.2, -0.15) is 0 Å². The molecule has 0 bridgehead atoms. The van der Waals surface area contributed by atoms with Crippen LogP contribution in [0.4, 0.5) is 0 Å². The number of benzene rings is 1. The quantitative estimate of drug-likeness (QED) is 0.714. The Kier molecular flexibility index (Phi) is 5.13. The first-order valence-electron chi connectivity index (χ1n) is 8.02. The van der Waals surface area contributed by atoms with E-state index in [1.165, 1.54) is 0 Å². The van der Waals surface area contributed by atoms with Crippen molar-refractivity contribution in [3.05, 3.63) is 65.6 Å². The monoisotopic (exact) mass is 340 g/mol. The first-order valence-corrected chi connectivity index (χ1v) is 8.02. The molecule has 130 valence electrons. The number of ether oxygens (including phenoxy) is 1. The SMILES string of the molecule is Cc1noc(C)c1COc1ccc(C(=O)NCCn2ccnc2)cc1. The molecule has 3 aromatic rings. The van der Waals surface area contributed by atoms with Gasteiger partial charge in [-0.3, -0.25) is 4.79 Å². The standard InChI is InChI=1S/C18H20N4O3/c1-13-17(14(2)25-21-13)11-24-16-5-3-15(4-6-16)18(23)20-8-10-22-9-7-19-12-22/h3-7,9,12H,8,10-11H2,1-2H3,(H,20,23). The summed E-state index contributed by atoms with van der Waals surface area (Å²) in [6.07, 6.45) is 5.29. The van der Waals surface area contributed by atoms with Crippen molar-refractivity contribution in [2.45, 2.75) is 27.0 Å². The molecule has 0 saturated carbocycles. The van der Waals surface area contributed by atoms with Gasteiger partial charge in [0.1, 0.15) is 18.1 Å². The summed E-state index contributed by atoms with van der Waals surface area (Å²) in [5.41, 5.74) is 2.36. The third-order valence-corrected chi connectivity index (χ3v) is 3.90. The fourth-order valence-corrected chi connectivity index (χ4v) is 2.39. The topological polar surface area (TPSA) is 82.2 Å². The van der Waals surface area contributed by atoms with Gasteiger partial charge in [-0.05, 0) is 38.1 Å². The highest BCUT2D eigenvalue weighted by atomic mass is 16.5. The Balaban J connectivity index is 1.50. The normalized spacial score (nSPS) is 10.6. The van der Waals surface area contributed by atoms with Crippen LogP contribution in [0.3, 0.4) is 0 Å². The zero-order valence-corrected chi connectivity index (χ0v) is 14.2. The van der Waals surface area contributed by atoms with Crippen LogP contribution in [-0.2, 0) is 13.2 Å². The van der Waals surface area contributed by atoms with E-state index >= 15 is 0 Å². The van der Waals surface area contributed by atoms with Crippen molar-refractivity contribution in [2.24, 2.45) is 0 Å². The van der Waals surface area contributed by atoms with Crippen molar-refractivity contribution in [3.8, 4) is 5.75 Å². The molecule has 3 rings (SSSR count). The van der Waals surface area contributed by atoms with E-state index in [-0.39, 0.29) is 5.91 Å². The van der Waals surface area contributed by atoms with Crippen molar-refractivity contribution in [1.82, 2.24) is 20.0 Å². The summed E-state index contributed by atoms with van der Waals surface area (Å²) in [7, 11) is 0. The number of rotatable bonds is 7. The average Bonchev–Trinajstić information content (AvgIpc) is 3.24. The molecule has 7 nitrogen and oxygen atoms in total. The molecule has 0 aliphatic carbocycles. The van der Waals surface area contributed by atoms with Gasteiger partial charge >= 0.3 is 0 Å². The fourth-order valence-electron chi connectivity index (χ4n) is 2.39. The number of carbonyl (C=O) groups is 1. The number of aryl methyl sites for hydroxylation is 2. The minimum atomic E-state index is -0.114.